The molecule has 2 fully saturated rings. The number of carbonyl (C=O) groups excluding carboxylic acids is 1. The van der Waals surface area contributed by atoms with E-state index < -0.39 is 0 Å². The van der Waals surface area contributed by atoms with E-state index in [2.05, 4.69) is 35.1 Å². The number of nitrogens with zero attached hydrogens (tertiary/aromatic N) is 9. The molecule has 1 saturated carbocycles. The number of azide groups is 1. The molecule has 3 aromatic heterocycles. The van der Waals surface area contributed by atoms with Gasteiger partial charge in [-0.05, 0) is 49.9 Å². The van der Waals surface area contributed by atoms with Crippen molar-refractivity contribution in [3.63, 3.8) is 0 Å². The van der Waals surface area contributed by atoms with Crippen LogP contribution < -0.4 is 15.8 Å². The fourth-order valence-corrected chi connectivity index (χ4v) is 5.97. The number of anilines is 3. The van der Waals surface area contributed by atoms with Crippen molar-refractivity contribution in [1.29, 1.82) is 0 Å². The highest BCUT2D eigenvalue weighted by Crippen LogP contribution is 2.32. The molecule has 0 aromatic carbocycles. The summed E-state index contributed by atoms with van der Waals surface area (Å²) in [7, 11) is 0. The van der Waals surface area contributed by atoms with Gasteiger partial charge in [0.2, 0.25) is 5.95 Å². The summed E-state index contributed by atoms with van der Waals surface area (Å²) >= 11 is 0. The molecule has 0 amide bonds. The van der Waals surface area contributed by atoms with E-state index in [1.807, 2.05) is 18.3 Å². The summed E-state index contributed by atoms with van der Waals surface area (Å²) in [5.41, 5.74) is 10.4. The zero-order chi connectivity index (χ0) is 30.9. The second kappa shape index (κ2) is 15.1. The number of ether oxygens (including phenoxy) is 2. The van der Waals surface area contributed by atoms with Crippen molar-refractivity contribution in [2.24, 2.45) is 5.11 Å². The van der Waals surface area contributed by atoms with Gasteiger partial charge in [-0.15, -0.1) is 0 Å². The van der Waals surface area contributed by atoms with Crippen LogP contribution in [0.5, 0.6) is 0 Å². The van der Waals surface area contributed by atoms with Crippen LogP contribution in [0.2, 0.25) is 0 Å². The van der Waals surface area contributed by atoms with E-state index in [-0.39, 0.29) is 22.9 Å². The van der Waals surface area contributed by atoms with Gasteiger partial charge in [0.25, 0.3) is 5.56 Å². The monoisotopic (exact) mass is 604 g/mol. The maximum atomic E-state index is 13.5. The summed E-state index contributed by atoms with van der Waals surface area (Å²) in [6.45, 7) is 10.2. The summed E-state index contributed by atoms with van der Waals surface area (Å²) < 4.78 is 12.7. The van der Waals surface area contributed by atoms with E-state index in [4.69, 9.17) is 20.0 Å². The molecular weight excluding hydrogens is 564 g/mol. The molecule has 4 heterocycles. The van der Waals surface area contributed by atoms with Crippen LogP contribution in [0.25, 0.3) is 21.5 Å². The first-order chi connectivity index (χ1) is 21.5. The zero-order valence-electron chi connectivity index (χ0n) is 25.4. The highest BCUT2D eigenvalue weighted by molar-refractivity contribution is 5.99. The van der Waals surface area contributed by atoms with Crippen LogP contribution in [0.1, 0.15) is 54.6 Å². The van der Waals surface area contributed by atoms with E-state index in [0.717, 1.165) is 64.1 Å². The standard InChI is InChI=1S/C30H40N10O4/c1-21-25-20-33-30(36-28(25)40(23-5-3-4-6-23)29(42)27(21)22(2)41)35-26-8-7-24(19-32-26)39-12-10-38(11-13-39)14-16-44-18-17-43-15-9-34-37-31/h7-8,19-20,23H,3-6,9-18H2,1-2H3,(H,32,33,35,36). The summed E-state index contributed by atoms with van der Waals surface area (Å²) in [5, 5.41) is 7.33. The largest absolute Gasteiger partial charge is 0.379 e. The topological polar surface area (TPSA) is 163 Å². The number of aromatic nitrogens is 4. The fourth-order valence-electron chi connectivity index (χ4n) is 5.97. The molecule has 1 aliphatic heterocycles. The zero-order valence-corrected chi connectivity index (χ0v) is 25.4. The van der Waals surface area contributed by atoms with E-state index in [0.29, 0.717) is 61.3 Å². The lowest BCUT2D eigenvalue weighted by Crippen LogP contribution is -2.47. The van der Waals surface area contributed by atoms with Crippen LogP contribution in [0, 0.1) is 6.92 Å². The fraction of sp³-hybridized carbons (Fsp3) is 0.567. The number of fused-ring (bicyclic) bond motifs is 1. The number of hydrogen-bond acceptors (Lipinski definition) is 11. The molecule has 0 radical (unpaired) electrons. The minimum atomic E-state index is -0.265. The maximum absolute atomic E-state index is 13.5. The van der Waals surface area contributed by atoms with Gasteiger partial charge in [0.15, 0.2) is 5.78 Å². The molecule has 2 aliphatic rings. The molecule has 3 aromatic rings. The summed E-state index contributed by atoms with van der Waals surface area (Å²) in [6, 6.07) is 3.97. The Hall–Kier alpha value is -4.10. The third-order valence-electron chi connectivity index (χ3n) is 8.30. The smallest absolute Gasteiger partial charge is 0.263 e. The lowest BCUT2D eigenvalue weighted by atomic mass is 10.0. The van der Waals surface area contributed by atoms with Crippen molar-refractivity contribution < 1.29 is 14.3 Å². The lowest BCUT2D eigenvalue weighted by Gasteiger charge is -2.35. The Kier molecular flexibility index (Phi) is 10.7. The number of ketones is 1. The number of pyridine rings is 2. The van der Waals surface area contributed by atoms with E-state index in [1.165, 1.54) is 6.92 Å². The molecule has 5 rings (SSSR count). The summed E-state index contributed by atoms with van der Waals surface area (Å²) in [5.74, 6) is 0.730. The van der Waals surface area contributed by atoms with Crippen LogP contribution in [0.15, 0.2) is 34.4 Å². The Bertz CT molecular complexity index is 1540. The first-order valence-electron chi connectivity index (χ1n) is 15.3. The Labute approximate surface area is 256 Å². The predicted octanol–water partition coefficient (Wildman–Crippen LogP) is 4.02. The van der Waals surface area contributed by atoms with Gasteiger partial charge in [0.05, 0.1) is 43.9 Å². The Morgan fingerprint density at radius 1 is 1.07 bits per heavy atom. The van der Waals surface area contributed by atoms with E-state index in [1.54, 1.807) is 17.7 Å². The third-order valence-corrected chi connectivity index (χ3v) is 8.30. The maximum Gasteiger partial charge on any atom is 0.263 e. The number of nitrogens with one attached hydrogen (secondary N) is 1. The van der Waals surface area contributed by atoms with Crippen molar-refractivity contribution in [3.8, 4) is 0 Å². The first kappa shape index (κ1) is 31.3. The molecule has 1 aliphatic carbocycles. The predicted molar refractivity (Wildman–Crippen MR) is 168 cm³/mol. The average Bonchev–Trinajstić information content (AvgIpc) is 3.55. The Morgan fingerprint density at radius 2 is 1.82 bits per heavy atom. The van der Waals surface area contributed by atoms with Crippen molar-refractivity contribution in [3.05, 3.63) is 56.4 Å². The van der Waals surface area contributed by atoms with Crippen LogP contribution in [-0.2, 0) is 9.47 Å². The Balaban J connectivity index is 1.16. The van der Waals surface area contributed by atoms with E-state index >= 15 is 0 Å². The molecule has 0 unspecified atom stereocenters. The van der Waals surface area contributed by atoms with Crippen molar-refractivity contribution in [1.82, 2.24) is 24.4 Å². The van der Waals surface area contributed by atoms with Gasteiger partial charge >= 0.3 is 0 Å². The molecule has 234 valence electrons. The number of hydrogen-bond donors (Lipinski definition) is 1. The second-order valence-electron chi connectivity index (χ2n) is 11.1. The molecular formula is C30H40N10O4. The molecule has 0 bridgehead atoms. The summed E-state index contributed by atoms with van der Waals surface area (Å²) in [4.78, 5) is 47.1. The van der Waals surface area contributed by atoms with Crippen molar-refractivity contribution in [2.75, 3.05) is 75.9 Å². The van der Waals surface area contributed by atoms with Gasteiger partial charge in [-0.25, -0.2) is 9.97 Å². The van der Waals surface area contributed by atoms with Crippen LogP contribution in [0.4, 0.5) is 17.5 Å². The van der Waals surface area contributed by atoms with Gasteiger partial charge in [-0.1, -0.05) is 18.0 Å². The second-order valence-corrected chi connectivity index (χ2v) is 11.1. The van der Waals surface area contributed by atoms with Crippen LogP contribution >= 0.6 is 0 Å². The number of aryl methyl sites for hydroxylation is 1. The van der Waals surface area contributed by atoms with Crippen molar-refractivity contribution in [2.45, 2.75) is 45.6 Å². The van der Waals surface area contributed by atoms with Crippen molar-refractivity contribution >= 4 is 34.3 Å². The van der Waals surface area contributed by atoms with E-state index in [9.17, 15) is 9.59 Å². The quantitative estimate of drug-likeness (QED) is 0.0934. The Morgan fingerprint density at radius 3 is 2.50 bits per heavy atom. The van der Waals surface area contributed by atoms with Gasteiger partial charge < -0.3 is 19.7 Å². The average molecular weight is 605 g/mol. The molecule has 14 nitrogen and oxygen atoms in total. The van der Waals surface area contributed by atoms with Crippen LogP contribution in [-0.4, -0.2) is 95.9 Å². The number of carbonyl (C=O) groups is 1. The molecule has 1 N–H and O–H groups in total. The highest BCUT2D eigenvalue weighted by atomic mass is 16.5. The van der Waals surface area contributed by atoms with Gasteiger partial charge in [-0.2, -0.15) is 4.98 Å². The minimum Gasteiger partial charge on any atom is -0.379 e. The number of Topliss-reactive ketones (excluding diaryl/α,β-unsaturated/α-hetero) is 1. The molecule has 14 heteroatoms. The number of rotatable bonds is 14. The van der Waals surface area contributed by atoms with Gasteiger partial charge in [0, 0.05) is 61.8 Å². The van der Waals surface area contributed by atoms with Gasteiger partial charge in [-0.3, -0.25) is 19.1 Å². The minimum absolute atomic E-state index is 0.0266. The molecule has 44 heavy (non-hydrogen) atoms. The molecule has 1 saturated heterocycles. The first-order valence-corrected chi connectivity index (χ1v) is 15.3. The van der Waals surface area contributed by atoms with Gasteiger partial charge in [0.1, 0.15) is 11.5 Å². The number of piperazine rings is 1. The third kappa shape index (κ3) is 7.51. The highest BCUT2D eigenvalue weighted by Gasteiger charge is 2.26. The lowest BCUT2D eigenvalue weighted by molar-refractivity contribution is 0.0405. The normalized spacial score (nSPS) is 15.9. The summed E-state index contributed by atoms with van der Waals surface area (Å²) in [6.07, 6.45) is 7.43. The SMILES string of the molecule is CC(=O)c1c(C)c2cnc(Nc3ccc(N4CCN(CCOCCOCCN=[N+]=[N-])CC4)cn3)nc2n(C2CCCC2)c1=O. The molecule has 0 spiro atoms. The molecule has 0 atom stereocenters. The van der Waals surface area contributed by atoms with Crippen LogP contribution in [0.3, 0.4) is 0 Å².